The van der Waals surface area contributed by atoms with Gasteiger partial charge in [-0.3, -0.25) is 9.69 Å². The lowest BCUT2D eigenvalue weighted by Crippen LogP contribution is -2.30. The number of halogens is 2. The SMILES string of the molecule is CC(C)c1ccc(N2C(=O)/C(=C\c3ccc(F)cc3F)NC2=S)cc1. The largest absolute Gasteiger partial charge is 0.327 e. The maximum atomic E-state index is 13.8. The topological polar surface area (TPSA) is 32.3 Å². The molecular weight excluding hydrogens is 342 g/mol. The summed E-state index contributed by atoms with van der Waals surface area (Å²) in [7, 11) is 0. The van der Waals surface area contributed by atoms with Gasteiger partial charge < -0.3 is 5.32 Å². The predicted octanol–water partition coefficient (Wildman–Crippen LogP) is 4.35. The lowest BCUT2D eigenvalue weighted by Gasteiger charge is -2.15. The summed E-state index contributed by atoms with van der Waals surface area (Å²) < 4.78 is 26.8. The van der Waals surface area contributed by atoms with Crippen molar-refractivity contribution in [1.29, 1.82) is 0 Å². The third kappa shape index (κ3) is 3.44. The highest BCUT2D eigenvalue weighted by Gasteiger charge is 2.32. The molecule has 6 heteroatoms. The molecule has 1 N–H and O–H groups in total. The molecule has 1 saturated heterocycles. The van der Waals surface area contributed by atoms with Gasteiger partial charge in [-0.2, -0.15) is 0 Å². The van der Waals surface area contributed by atoms with Gasteiger partial charge in [0.1, 0.15) is 17.3 Å². The molecule has 1 aliphatic rings. The molecule has 2 aromatic rings. The number of anilines is 1. The van der Waals surface area contributed by atoms with Crippen molar-refractivity contribution in [3.63, 3.8) is 0 Å². The van der Waals surface area contributed by atoms with Gasteiger partial charge in [-0.25, -0.2) is 8.78 Å². The van der Waals surface area contributed by atoms with Crippen molar-refractivity contribution in [2.75, 3.05) is 4.90 Å². The fourth-order valence-electron chi connectivity index (χ4n) is 2.55. The van der Waals surface area contributed by atoms with Gasteiger partial charge in [-0.05, 0) is 54.0 Å². The van der Waals surface area contributed by atoms with E-state index in [0.29, 0.717) is 11.6 Å². The van der Waals surface area contributed by atoms with Gasteiger partial charge in [0, 0.05) is 11.6 Å². The van der Waals surface area contributed by atoms with Gasteiger partial charge in [-0.15, -0.1) is 0 Å². The summed E-state index contributed by atoms with van der Waals surface area (Å²) in [5.41, 5.74) is 2.04. The molecule has 0 radical (unpaired) electrons. The normalized spacial score (nSPS) is 16.0. The van der Waals surface area contributed by atoms with E-state index in [0.717, 1.165) is 17.7 Å². The smallest absolute Gasteiger partial charge is 0.281 e. The molecule has 1 heterocycles. The van der Waals surface area contributed by atoms with Crippen molar-refractivity contribution in [2.24, 2.45) is 0 Å². The van der Waals surface area contributed by atoms with Crippen LogP contribution in [0.15, 0.2) is 48.2 Å². The Bertz CT molecular complexity index is 875. The van der Waals surface area contributed by atoms with E-state index in [2.05, 4.69) is 19.2 Å². The highest BCUT2D eigenvalue weighted by atomic mass is 32.1. The van der Waals surface area contributed by atoms with Crippen LogP contribution >= 0.6 is 12.2 Å². The van der Waals surface area contributed by atoms with Gasteiger partial charge in [0.15, 0.2) is 5.11 Å². The first-order valence-corrected chi connectivity index (χ1v) is 8.20. The van der Waals surface area contributed by atoms with E-state index in [4.69, 9.17) is 12.2 Å². The second-order valence-corrected chi connectivity index (χ2v) is 6.43. The Labute approximate surface area is 150 Å². The van der Waals surface area contributed by atoms with Gasteiger partial charge >= 0.3 is 0 Å². The summed E-state index contributed by atoms with van der Waals surface area (Å²) in [5, 5.41) is 3.01. The maximum absolute atomic E-state index is 13.8. The summed E-state index contributed by atoms with van der Waals surface area (Å²) in [5.74, 6) is -1.42. The third-order valence-electron chi connectivity index (χ3n) is 3.96. The predicted molar refractivity (Wildman–Crippen MR) is 98.1 cm³/mol. The van der Waals surface area contributed by atoms with Crippen LogP contribution < -0.4 is 10.2 Å². The molecule has 0 unspecified atom stereocenters. The average Bonchev–Trinajstić information content (AvgIpc) is 2.84. The van der Waals surface area contributed by atoms with Gasteiger partial charge in [0.2, 0.25) is 0 Å². The summed E-state index contributed by atoms with van der Waals surface area (Å²) in [4.78, 5) is 14.0. The van der Waals surface area contributed by atoms with E-state index in [9.17, 15) is 13.6 Å². The number of nitrogens with zero attached hydrogens (tertiary/aromatic N) is 1. The molecule has 2 aromatic carbocycles. The molecule has 128 valence electrons. The number of amides is 1. The zero-order valence-electron chi connectivity index (χ0n) is 13.7. The van der Waals surface area contributed by atoms with Crippen molar-refractivity contribution in [3.8, 4) is 0 Å². The van der Waals surface area contributed by atoms with Crippen LogP contribution in [0.3, 0.4) is 0 Å². The Morgan fingerprint density at radius 1 is 1.12 bits per heavy atom. The number of carbonyl (C=O) groups is 1. The quantitative estimate of drug-likeness (QED) is 0.654. The van der Waals surface area contributed by atoms with Crippen LogP contribution in [-0.2, 0) is 4.79 Å². The monoisotopic (exact) mass is 358 g/mol. The molecule has 1 aliphatic heterocycles. The standard InChI is InChI=1S/C19H16F2N2OS/c1-11(2)12-4-7-15(8-5-12)23-18(24)17(22-19(23)25)9-13-3-6-14(20)10-16(13)21/h3-11H,1-2H3,(H,22,25)/b17-9+. The number of hydrogen-bond acceptors (Lipinski definition) is 2. The maximum Gasteiger partial charge on any atom is 0.281 e. The molecule has 0 saturated carbocycles. The number of benzene rings is 2. The Kier molecular flexibility index (Phi) is 4.63. The van der Waals surface area contributed by atoms with Crippen LogP contribution in [0.25, 0.3) is 6.08 Å². The number of thiocarbonyl (C=S) groups is 1. The fourth-order valence-corrected chi connectivity index (χ4v) is 2.85. The van der Waals surface area contributed by atoms with E-state index in [1.54, 1.807) is 0 Å². The summed E-state index contributed by atoms with van der Waals surface area (Å²) in [6, 6.07) is 10.7. The summed E-state index contributed by atoms with van der Waals surface area (Å²) >= 11 is 5.23. The van der Waals surface area contributed by atoms with Crippen LogP contribution in [0.2, 0.25) is 0 Å². The number of rotatable bonds is 3. The average molecular weight is 358 g/mol. The first kappa shape index (κ1) is 17.2. The molecule has 0 atom stereocenters. The second kappa shape index (κ2) is 6.72. The summed E-state index contributed by atoms with van der Waals surface area (Å²) in [6.07, 6.45) is 1.33. The Morgan fingerprint density at radius 2 is 1.80 bits per heavy atom. The van der Waals surface area contributed by atoms with Crippen molar-refractivity contribution >= 4 is 35.0 Å². The minimum atomic E-state index is -0.743. The number of carbonyl (C=O) groups excluding carboxylic acids is 1. The first-order chi connectivity index (χ1) is 11.9. The first-order valence-electron chi connectivity index (χ1n) is 7.79. The van der Waals surface area contributed by atoms with Crippen LogP contribution in [0.4, 0.5) is 14.5 Å². The van der Waals surface area contributed by atoms with E-state index < -0.39 is 11.6 Å². The zero-order valence-corrected chi connectivity index (χ0v) is 14.5. The lowest BCUT2D eigenvalue weighted by atomic mass is 10.0. The highest BCUT2D eigenvalue weighted by Crippen LogP contribution is 2.25. The molecule has 3 rings (SSSR count). The minimum absolute atomic E-state index is 0.108. The van der Waals surface area contributed by atoms with Crippen molar-refractivity contribution in [1.82, 2.24) is 5.32 Å². The molecule has 25 heavy (non-hydrogen) atoms. The van der Waals surface area contributed by atoms with Gasteiger partial charge in [-0.1, -0.05) is 26.0 Å². The van der Waals surface area contributed by atoms with Crippen LogP contribution in [-0.4, -0.2) is 11.0 Å². The van der Waals surface area contributed by atoms with Crippen molar-refractivity contribution in [3.05, 3.63) is 70.9 Å². The van der Waals surface area contributed by atoms with E-state index in [-0.39, 0.29) is 22.3 Å². The molecule has 0 aliphatic carbocycles. The molecule has 1 amide bonds. The number of nitrogens with one attached hydrogen (secondary N) is 1. The van der Waals surface area contributed by atoms with Crippen molar-refractivity contribution < 1.29 is 13.6 Å². The van der Waals surface area contributed by atoms with E-state index in [1.807, 2.05) is 24.3 Å². The Morgan fingerprint density at radius 3 is 2.40 bits per heavy atom. The Balaban J connectivity index is 1.90. The minimum Gasteiger partial charge on any atom is -0.327 e. The van der Waals surface area contributed by atoms with Crippen LogP contribution in [0, 0.1) is 11.6 Å². The van der Waals surface area contributed by atoms with Gasteiger partial charge in [0.05, 0.1) is 5.69 Å². The van der Waals surface area contributed by atoms with E-state index in [1.165, 1.54) is 17.0 Å². The molecule has 0 bridgehead atoms. The third-order valence-corrected chi connectivity index (χ3v) is 4.24. The molecule has 0 aromatic heterocycles. The molecular formula is C19H16F2N2OS. The fraction of sp³-hybridized carbons (Fsp3) is 0.158. The molecule has 3 nitrogen and oxygen atoms in total. The Hall–Kier alpha value is -2.60. The number of hydrogen-bond donors (Lipinski definition) is 1. The van der Waals surface area contributed by atoms with E-state index >= 15 is 0 Å². The highest BCUT2D eigenvalue weighted by molar-refractivity contribution is 7.80. The molecule has 0 spiro atoms. The zero-order chi connectivity index (χ0) is 18.1. The molecule has 1 fully saturated rings. The van der Waals surface area contributed by atoms with Gasteiger partial charge in [0.25, 0.3) is 5.91 Å². The van der Waals surface area contributed by atoms with Crippen LogP contribution in [0.1, 0.15) is 30.9 Å². The van der Waals surface area contributed by atoms with Crippen LogP contribution in [0.5, 0.6) is 0 Å². The lowest BCUT2D eigenvalue weighted by molar-refractivity contribution is -0.113. The summed E-state index contributed by atoms with van der Waals surface area (Å²) in [6.45, 7) is 4.17. The second-order valence-electron chi connectivity index (χ2n) is 6.04. The van der Waals surface area contributed by atoms with Crippen molar-refractivity contribution in [2.45, 2.75) is 19.8 Å².